The average molecular weight is 461 g/mol. The Balaban J connectivity index is 1.09. The van der Waals surface area contributed by atoms with Gasteiger partial charge in [-0.25, -0.2) is 9.80 Å². The molecule has 0 bridgehead atoms. The predicted molar refractivity (Wildman–Crippen MR) is 129 cm³/mol. The predicted octanol–water partition coefficient (Wildman–Crippen LogP) is 2.76. The van der Waals surface area contributed by atoms with Crippen molar-refractivity contribution < 1.29 is 9.21 Å². The summed E-state index contributed by atoms with van der Waals surface area (Å²) in [6.45, 7) is 6.11. The number of benzene rings is 2. The van der Waals surface area contributed by atoms with E-state index in [1.807, 2.05) is 59.3 Å². The lowest BCUT2D eigenvalue weighted by atomic mass is 10.1. The van der Waals surface area contributed by atoms with Crippen LogP contribution in [0.3, 0.4) is 0 Å². The van der Waals surface area contributed by atoms with Gasteiger partial charge in [-0.3, -0.25) is 9.69 Å². The van der Waals surface area contributed by atoms with Crippen molar-refractivity contribution in [2.45, 2.75) is 25.9 Å². The maximum absolute atomic E-state index is 12.8. The van der Waals surface area contributed by atoms with Crippen LogP contribution in [0.15, 0.2) is 74.3 Å². The maximum atomic E-state index is 12.8. The van der Waals surface area contributed by atoms with Gasteiger partial charge < -0.3 is 9.32 Å². The summed E-state index contributed by atoms with van der Waals surface area (Å²) in [4.78, 5) is 28.9. The molecule has 1 unspecified atom stereocenters. The second kappa shape index (κ2) is 9.64. The summed E-state index contributed by atoms with van der Waals surface area (Å²) in [5, 5.41) is 11.3. The van der Waals surface area contributed by atoms with E-state index in [0.717, 1.165) is 55.8 Å². The molecule has 9 nitrogen and oxygen atoms in total. The van der Waals surface area contributed by atoms with Crippen LogP contribution in [-0.4, -0.2) is 54.6 Å². The lowest BCUT2D eigenvalue weighted by molar-refractivity contribution is -0.132. The van der Waals surface area contributed by atoms with Gasteiger partial charge in [0, 0.05) is 32.7 Å². The van der Waals surface area contributed by atoms with Crippen LogP contribution in [-0.2, 0) is 17.6 Å². The first-order valence-electron chi connectivity index (χ1n) is 11.6. The quantitative estimate of drug-likeness (QED) is 0.608. The SMILES string of the molecule is CC1N=NNN1c1ccc(CC(=O)N2CCN(CCc3ccc4c(=O)occc4c3)CC2)cc1. The Kier molecular flexibility index (Phi) is 6.27. The van der Waals surface area contributed by atoms with Gasteiger partial charge in [-0.05, 0) is 54.1 Å². The lowest BCUT2D eigenvalue weighted by Gasteiger charge is -2.35. The molecule has 3 aromatic rings. The number of hydrazine groups is 1. The minimum absolute atomic E-state index is 0.0494. The Hall–Kier alpha value is -3.72. The Bertz CT molecular complexity index is 1250. The number of rotatable bonds is 6. The van der Waals surface area contributed by atoms with E-state index in [-0.39, 0.29) is 17.7 Å². The summed E-state index contributed by atoms with van der Waals surface area (Å²) in [5.74, 6) is 0.165. The second-order valence-corrected chi connectivity index (χ2v) is 8.76. The van der Waals surface area contributed by atoms with Crippen molar-refractivity contribution in [3.63, 3.8) is 0 Å². The van der Waals surface area contributed by atoms with Crippen molar-refractivity contribution in [1.82, 2.24) is 15.3 Å². The minimum Gasteiger partial charge on any atom is -0.431 e. The molecule has 9 heteroatoms. The van der Waals surface area contributed by atoms with Crippen LogP contribution in [0.5, 0.6) is 0 Å². The van der Waals surface area contributed by atoms with Crippen LogP contribution in [0.2, 0.25) is 0 Å². The van der Waals surface area contributed by atoms with Crippen molar-refractivity contribution in [2.75, 3.05) is 37.7 Å². The van der Waals surface area contributed by atoms with Gasteiger partial charge in [-0.2, -0.15) is 5.53 Å². The topological polar surface area (TPSA) is 93.8 Å². The van der Waals surface area contributed by atoms with Gasteiger partial charge in [0.1, 0.15) is 0 Å². The molecular weight excluding hydrogens is 432 g/mol. The number of nitrogens with one attached hydrogen (secondary N) is 1. The highest BCUT2D eigenvalue weighted by molar-refractivity contribution is 5.81. The number of piperazine rings is 1. The zero-order chi connectivity index (χ0) is 23.5. The summed E-state index contributed by atoms with van der Waals surface area (Å²) < 4.78 is 4.92. The number of fused-ring (bicyclic) bond motifs is 1. The first-order chi connectivity index (χ1) is 16.6. The number of nitrogens with zero attached hydrogens (tertiary/aromatic N) is 5. The number of carbonyl (C=O) groups excluding carboxylic acids is 1. The Labute approximate surface area is 197 Å². The van der Waals surface area contributed by atoms with E-state index in [0.29, 0.717) is 11.8 Å². The largest absolute Gasteiger partial charge is 0.431 e. The summed E-state index contributed by atoms with van der Waals surface area (Å²) in [5.41, 5.74) is 5.73. The van der Waals surface area contributed by atoms with Crippen LogP contribution in [0, 0.1) is 0 Å². The third-order valence-corrected chi connectivity index (χ3v) is 6.52. The summed E-state index contributed by atoms with van der Waals surface area (Å²) in [7, 11) is 0. The fourth-order valence-electron chi connectivity index (χ4n) is 4.46. The van der Waals surface area contributed by atoms with Crippen LogP contribution < -0.4 is 16.2 Å². The molecule has 0 saturated carbocycles. The normalized spacial score (nSPS) is 18.4. The van der Waals surface area contributed by atoms with E-state index < -0.39 is 0 Å². The summed E-state index contributed by atoms with van der Waals surface area (Å²) in [6, 6.07) is 15.7. The average Bonchev–Trinajstić information content (AvgIpc) is 3.29. The van der Waals surface area contributed by atoms with Gasteiger partial charge in [-0.1, -0.05) is 29.5 Å². The number of amides is 1. The van der Waals surface area contributed by atoms with Crippen molar-refractivity contribution in [3.05, 3.63) is 76.3 Å². The molecular formula is C25H28N6O3. The van der Waals surface area contributed by atoms with E-state index in [4.69, 9.17) is 4.42 Å². The summed E-state index contributed by atoms with van der Waals surface area (Å²) in [6.07, 6.45) is 2.70. The van der Waals surface area contributed by atoms with E-state index in [2.05, 4.69) is 26.8 Å². The van der Waals surface area contributed by atoms with Crippen molar-refractivity contribution in [1.29, 1.82) is 0 Å². The molecule has 1 aromatic heterocycles. The highest BCUT2D eigenvalue weighted by Gasteiger charge is 2.22. The van der Waals surface area contributed by atoms with Gasteiger partial charge in [0.15, 0.2) is 6.17 Å². The van der Waals surface area contributed by atoms with Crippen molar-refractivity contribution in [3.8, 4) is 0 Å². The van der Waals surface area contributed by atoms with E-state index in [1.54, 1.807) is 0 Å². The first-order valence-corrected chi connectivity index (χ1v) is 11.6. The molecule has 1 fully saturated rings. The molecule has 0 spiro atoms. The van der Waals surface area contributed by atoms with Gasteiger partial charge in [0.25, 0.3) is 0 Å². The molecule has 0 aliphatic carbocycles. The minimum atomic E-state index is -0.300. The Morgan fingerprint density at radius 3 is 2.56 bits per heavy atom. The van der Waals surface area contributed by atoms with Crippen LogP contribution in [0.4, 0.5) is 5.69 Å². The van der Waals surface area contributed by atoms with Gasteiger partial charge in [-0.15, -0.1) is 5.11 Å². The van der Waals surface area contributed by atoms with Crippen LogP contribution >= 0.6 is 0 Å². The number of hydrogen-bond donors (Lipinski definition) is 1. The van der Waals surface area contributed by atoms with E-state index in [1.165, 1.54) is 11.8 Å². The van der Waals surface area contributed by atoms with E-state index in [9.17, 15) is 9.59 Å². The standard InChI is InChI=1S/C25H28N6O3/c1-18-26-27-28-31(18)22-5-2-19(3-6-22)17-24(32)30-13-11-29(12-14-30)10-8-20-4-7-23-21(16-20)9-15-34-25(23)33/h2-7,9,15-16,18H,8,10-14,17H2,1H3,(H,26,28). The number of hydrogen-bond acceptors (Lipinski definition) is 8. The number of anilines is 1. The molecule has 1 N–H and O–H groups in total. The Morgan fingerprint density at radius 1 is 1.06 bits per heavy atom. The maximum Gasteiger partial charge on any atom is 0.343 e. The molecule has 1 saturated heterocycles. The second-order valence-electron chi connectivity index (χ2n) is 8.76. The highest BCUT2D eigenvalue weighted by Crippen LogP contribution is 2.20. The van der Waals surface area contributed by atoms with Gasteiger partial charge in [0.05, 0.1) is 23.8 Å². The fraction of sp³-hybridized carbons (Fsp3) is 0.360. The highest BCUT2D eigenvalue weighted by atomic mass is 16.4. The van der Waals surface area contributed by atoms with Crippen molar-refractivity contribution in [2.24, 2.45) is 10.3 Å². The van der Waals surface area contributed by atoms with Crippen molar-refractivity contribution >= 4 is 22.4 Å². The lowest BCUT2D eigenvalue weighted by Crippen LogP contribution is -2.49. The number of carbonyl (C=O) groups is 1. The third-order valence-electron chi connectivity index (χ3n) is 6.52. The molecule has 1 amide bonds. The zero-order valence-electron chi connectivity index (χ0n) is 19.2. The van der Waals surface area contributed by atoms with Gasteiger partial charge >= 0.3 is 5.63 Å². The third kappa shape index (κ3) is 4.79. The molecule has 34 heavy (non-hydrogen) atoms. The monoisotopic (exact) mass is 460 g/mol. The van der Waals surface area contributed by atoms with Crippen LogP contribution in [0.1, 0.15) is 18.1 Å². The molecule has 176 valence electrons. The molecule has 1 atom stereocenters. The Morgan fingerprint density at radius 2 is 1.82 bits per heavy atom. The summed E-state index contributed by atoms with van der Waals surface area (Å²) >= 11 is 0. The molecule has 3 heterocycles. The van der Waals surface area contributed by atoms with Gasteiger partial charge in [0.2, 0.25) is 5.91 Å². The zero-order valence-corrected chi connectivity index (χ0v) is 19.2. The molecule has 0 radical (unpaired) electrons. The first kappa shape index (κ1) is 22.1. The van der Waals surface area contributed by atoms with Crippen LogP contribution in [0.25, 0.3) is 10.8 Å². The van der Waals surface area contributed by atoms with E-state index >= 15 is 0 Å². The molecule has 5 rings (SSSR count). The molecule has 2 aromatic carbocycles. The molecule has 2 aliphatic heterocycles. The fourth-order valence-corrected chi connectivity index (χ4v) is 4.46. The smallest absolute Gasteiger partial charge is 0.343 e. The molecule has 2 aliphatic rings.